The second kappa shape index (κ2) is 6.37. The van der Waals surface area contributed by atoms with Crippen molar-refractivity contribution in [3.05, 3.63) is 17.0 Å². The number of methoxy groups -OCH3 is 1. The molecule has 2 rings (SSSR count). The molecule has 0 amide bonds. The molecule has 1 aliphatic heterocycles. The van der Waals surface area contributed by atoms with E-state index < -0.39 is 5.97 Å². The quantitative estimate of drug-likeness (QED) is 0.853. The molecule has 20 heavy (non-hydrogen) atoms. The highest BCUT2D eigenvalue weighted by atomic mass is 35.5. The van der Waals surface area contributed by atoms with E-state index in [9.17, 15) is 4.79 Å². The highest BCUT2D eigenvalue weighted by Gasteiger charge is 2.27. The second-order valence-electron chi connectivity index (χ2n) is 4.88. The van der Waals surface area contributed by atoms with E-state index in [4.69, 9.17) is 11.6 Å². The van der Waals surface area contributed by atoms with Crippen molar-refractivity contribution in [3.63, 3.8) is 0 Å². The van der Waals surface area contributed by atoms with Crippen LogP contribution in [-0.2, 0) is 4.74 Å². The number of hydrogen-bond donors (Lipinski definition) is 1. The van der Waals surface area contributed by atoms with Crippen LogP contribution in [0.3, 0.4) is 0 Å². The van der Waals surface area contributed by atoms with Crippen LogP contribution >= 0.6 is 11.6 Å². The Balaban J connectivity index is 2.25. The molecular weight excluding hydrogens is 280 g/mol. The van der Waals surface area contributed by atoms with Crippen LogP contribution < -0.4 is 10.2 Å². The average Bonchev–Trinajstić information content (AvgIpc) is 2.47. The monoisotopic (exact) mass is 298 g/mol. The summed E-state index contributed by atoms with van der Waals surface area (Å²) in [5.74, 6) is 0.0810. The first kappa shape index (κ1) is 15.0. The lowest BCUT2D eigenvalue weighted by Gasteiger charge is -2.39. The van der Waals surface area contributed by atoms with Crippen molar-refractivity contribution in [2.45, 2.75) is 32.4 Å². The summed E-state index contributed by atoms with van der Waals surface area (Å²) in [6.45, 7) is 5.93. The zero-order chi connectivity index (χ0) is 14.7. The molecule has 110 valence electrons. The van der Waals surface area contributed by atoms with Gasteiger partial charge in [-0.2, -0.15) is 0 Å². The van der Waals surface area contributed by atoms with Crippen molar-refractivity contribution < 1.29 is 9.53 Å². The van der Waals surface area contributed by atoms with Gasteiger partial charge in [-0.1, -0.05) is 18.5 Å². The van der Waals surface area contributed by atoms with E-state index in [0.29, 0.717) is 11.9 Å². The lowest BCUT2D eigenvalue weighted by molar-refractivity contribution is 0.0593. The Morgan fingerprint density at radius 2 is 2.40 bits per heavy atom. The molecule has 1 N–H and O–H groups in total. The SMILES string of the molecule is CC[C@H]1CN(c2ncc(C(=O)OC)nc2Cl)[C@H](C)CN1. The Kier molecular flexibility index (Phi) is 4.77. The van der Waals surface area contributed by atoms with Crippen LogP contribution in [-0.4, -0.2) is 48.2 Å². The molecule has 0 unspecified atom stereocenters. The first-order valence-electron chi connectivity index (χ1n) is 6.67. The summed E-state index contributed by atoms with van der Waals surface area (Å²) in [6, 6.07) is 0.679. The molecule has 6 nitrogen and oxygen atoms in total. The number of rotatable bonds is 3. The van der Waals surface area contributed by atoms with E-state index in [0.717, 1.165) is 19.5 Å². The van der Waals surface area contributed by atoms with Crippen molar-refractivity contribution in [2.75, 3.05) is 25.1 Å². The third-order valence-electron chi connectivity index (χ3n) is 3.52. The lowest BCUT2D eigenvalue weighted by Crippen LogP contribution is -2.55. The predicted molar refractivity (Wildman–Crippen MR) is 77.3 cm³/mol. The molecular formula is C13H19ClN4O2. The summed E-state index contributed by atoms with van der Waals surface area (Å²) in [6.07, 6.45) is 2.44. The van der Waals surface area contributed by atoms with Crippen LogP contribution in [0.4, 0.5) is 5.82 Å². The van der Waals surface area contributed by atoms with E-state index in [-0.39, 0.29) is 16.9 Å². The van der Waals surface area contributed by atoms with Gasteiger partial charge in [0.25, 0.3) is 0 Å². The molecule has 1 saturated heterocycles. The molecule has 0 aliphatic carbocycles. The highest BCUT2D eigenvalue weighted by Crippen LogP contribution is 2.25. The zero-order valence-corrected chi connectivity index (χ0v) is 12.6. The number of piperazine rings is 1. The molecule has 1 aromatic rings. The van der Waals surface area contributed by atoms with Gasteiger partial charge in [0.1, 0.15) is 0 Å². The van der Waals surface area contributed by atoms with E-state index in [1.165, 1.54) is 13.3 Å². The molecule has 2 heterocycles. The topological polar surface area (TPSA) is 67.4 Å². The van der Waals surface area contributed by atoms with Gasteiger partial charge in [-0.15, -0.1) is 0 Å². The van der Waals surface area contributed by atoms with Crippen molar-refractivity contribution in [2.24, 2.45) is 0 Å². The molecule has 1 fully saturated rings. The minimum atomic E-state index is -0.536. The molecule has 1 aliphatic rings. The second-order valence-corrected chi connectivity index (χ2v) is 5.23. The van der Waals surface area contributed by atoms with Crippen LogP contribution in [0.2, 0.25) is 5.15 Å². The third-order valence-corrected chi connectivity index (χ3v) is 3.78. The van der Waals surface area contributed by atoms with E-state index in [1.807, 2.05) is 0 Å². The van der Waals surface area contributed by atoms with Crippen LogP contribution in [0.25, 0.3) is 0 Å². The Labute approximate surface area is 123 Å². The van der Waals surface area contributed by atoms with E-state index >= 15 is 0 Å². The number of esters is 1. The van der Waals surface area contributed by atoms with Gasteiger partial charge in [0, 0.05) is 25.2 Å². The minimum Gasteiger partial charge on any atom is -0.464 e. The molecule has 1 aromatic heterocycles. The number of ether oxygens (including phenoxy) is 1. The average molecular weight is 299 g/mol. The number of aromatic nitrogens is 2. The summed E-state index contributed by atoms with van der Waals surface area (Å²) in [7, 11) is 1.30. The van der Waals surface area contributed by atoms with Gasteiger partial charge < -0.3 is 15.0 Å². The van der Waals surface area contributed by atoms with Crippen molar-refractivity contribution >= 4 is 23.4 Å². The Bertz CT molecular complexity index is 497. The first-order valence-corrected chi connectivity index (χ1v) is 7.05. The summed E-state index contributed by atoms with van der Waals surface area (Å²) < 4.78 is 4.61. The number of nitrogens with one attached hydrogen (secondary N) is 1. The van der Waals surface area contributed by atoms with Gasteiger partial charge >= 0.3 is 5.97 Å². The van der Waals surface area contributed by atoms with Gasteiger partial charge in [-0.3, -0.25) is 0 Å². The fraction of sp³-hybridized carbons (Fsp3) is 0.615. The lowest BCUT2D eigenvalue weighted by atomic mass is 10.1. The molecule has 0 radical (unpaired) electrons. The van der Waals surface area contributed by atoms with Gasteiger partial charge in [0.2, 0.25) is 0 Å². The third kappa shape index (κ3) is 3.02. The van der Waals surface area contributed by atoms with Gasteiger partial charge in [-0.05, 0) is 13.3 Å². The Morgan fingerprint density at radius 3 is 3.00 bits per heavy atom. The molecule has 0 bridgehead atoms. The smallest absolute Gasteiger partial charge is 0.358 e. The largest absolute Gasteiger partial charge is 0.464 e. The zero-order valence-electron chi connectivity index (χ0n) is 11.9. The number of nitrogens with zero attached hydrogens (tertiary/aromatic N) is 3. The number of halogens is 1. The van der Waals surface area contributed by atoms with Crippen LogP contribution in [0.5, 0.6) is 0 Å². The molecule has 0 saturated carbocycles. The summed E-state index contributed by atoms with van der Waals surface area (Å²) in [5, 5.41) is 3.70. The van der Waals surface area contributed by atoms with E-state index in [1.54, 1.807) is 0 Å². The highest BCUT2D eigenvalue weighted by molar-refractivity contribution is 6.31. The van der Waals surface area contributed by atoms with Gasteiger partial charge in [0.15, 0.2) is 16.7 Å². The number of carbonyl (C=O) groups excluding carboxylic acids is 1. The number of anilines is 1. The number of hydrogen-bond acceptors (Lipinski definition) is 6. The fourth-order valence-corrected chi connectivity index (χ4v) is 2.50. The maximum Gasteiger partial charge on any atom is 0.358 e. The Hall–Kier alpha value is -1.40. The maximum absolute atomic E-state index is 11.4. The summed E-state index contributed by atoms with van der Waals surface area (Å²) >= 11 is 6.18. The van der Waals surface area contributed by atoms with Crippen LogP contribution in [0.1, 0.15) is 30.8 Å². The minimum absolute atomic E-state index is 0.121. The van der Waals surface area contributed by atoms with Crippen LogP contribution in [0.15, 0.2) is 6.20 Å². The fourth-order valence-electron chi connectivity index (χ4n) is 2.25. The van der Waals surface area contributed by atoms with Crippen LogP contribution in [0, 0.1) is 0 Å². The van der Waals surface area contributed by atoms with Gasteiger partial charge in [0.05, 0.1) is 13.3 Å². The standard InChI is InChI=1S/C13H19ClN4O2/c1-4-9-7-18(8(2)5-15-9)12-11(14)17-10(6-16-12)13(19)20-3/h6,8-9,15H,4-5,7H2,1-3H3/t8-,9+/m1/s1. The van der Waals surface area contributed by atoms with Gasteiger partial charge in [-0.25, -0.2) is 14.8 Å². The summed E-state index contributed by atoms with van der Waals surface area (Å²) in [5.41, 5.74) is 0.121. The normalized spacial score (nSPS) is 22.7. The molecule has 0 spiro atoms. The predicted octanol–water partition coefficient (Wildman–Crippen LogP) is 1.49. The molecule has 0 aromatic carbocycles. The van der Waals surface area contributed by atoms with Crippen molar-refractivity contribution in [1.82, 2.24) is 15.3 Å². The first-order chi connectivity index (χ1) is 9.56. The Morgan fingerprint density at radius 1 is 1.65 bits per heavy atom. The van der Waals surface area contributed by atoms with E-state index in [2.05, 4.69) is 38.8 Å². The maximum atomic E-state index is 11.4. The van der Waals surface area contributed by atoms with Crippen molar-refractivity contribution in [1.29, 1.82) is 0 Å². The molecule has 7 heteroatoms. The molecule has 2 atom stereocenters. The van der Waals surface area contributed by atoms with Crippen molar-refractivity contribution in [3.8, 4) is 0 Å². The number of carbonyl (C=O) groups is 1. The summed E-state index contributed by atoms with van der Waals surface area (Å²) in [4.78, 5) is 21.9.